The van der Waals surface area contributed by atoms with Gasteiger partial charge in [-0.05, 0) is 13.8 Å². The minimum absolute atomic E-state index is 0.111. The Hall–Kier alpha value is -1.58. The Labute approximate surface area is 107 Å². The van der Waals surface area contributed by atoms with Gasteiger partial charge in [0.1, 0.15) is 0 Å². The molecule has 6 aliphatic rings. The molecule has 5 heterocycles. The quantitative estimate of drug-likeness (QED) is 0.593. The summed E-state index contributed by atoms with van der Waals surface area (Å²) in [7, 11) is 3.63. The molecule has 0 saturated carbocycles. The van der Waals surface area contributed by atoms with E-state index in [0.29, 0.717) is 0 Å². The maximum absolute atomic E-state index is 12.4. The van der Waals surface area contributed by atoms with Gasteiger partial charge in [-0.3, -0.25) is 9.59 Å². The lowest BCUT2D eigenvalue weighted by Crippen LogP contribution is -2.63. The first-order chi connectivity index (χ1) is 8.43. The van der Waals surface area contributed by atoms with Crippen LogP contribution in [0.15, 0.2) is 23.3 Å². The minimum Gasteiger partial charge on any atom is -0.337 e. The zero-order valence-corrected chi connectivity index (χ0v) is 11.2. The van der Waals surface area contributed by atoms with Crippen LogP contribution in [0.5, 0.6) is 0 Å². The number of carbonyl (C=O) groups is 2. The van der Waals surface area contributed by atoms with Crippen molar-refractivity contribution in [1.82, 2.24) is 9.80 Å². The fourth-order valence-corrected chi connectivity index (χ4v) is 3.76. The third kappa shape index (κ3) is 1.21. The number of hydrogen-bond acceptors (Lipinski definition) is 2. The molecule has 18 heavy (non-hydrogen) atoms. The van der Waals surface area contributed by atoms with E-state index in [0.717, 1.165) is 11.1 Å². The molecule has 4 heteroatoms. The number of nitrogens with zero attached hydrogens (tertiary/aromatic N) is 2. The standard InChI is InChI=1S/C14H18N2O2/c1-7-5-9-12-8(2)6-10(14(18)16(12)4)11(7)15(3)13(9)17/h5-6,9-12H,1-4H3/t9-,10-,11-,12-/m1/s1. The summed E-state index contributed by atoms with van der Waals surface area (Å²) in [5, 5.41) is 0. The number of likely N-dealkylation sites (N-methyl/N-ethyl adjacent to an activating group) is 2. The van der Waals surface area contributed by atoms with Crippen molar-refractivity contribution in [3.63, 3.8) is 0 Å². The van der Waals surface area contributed by atoms with Crippen LogP contribution < -0.4 is 0 Å². The van der Waals surface area contributed by atoms with Gasteiger partial charge < -0.3 is 9.80 Å². The summed E-state index contributed by atoms with van der Waals surface area (Å²) in [5.74, 6) is -0.185. The maximum atomic E-state index is 12.4. The van der Waals surface area contributed by atoms with Crippen molar-refractivity contribution >= 4 is 11.8 Å². The fourth-order valence-electron chi connectivity index (χ4n) is 3.76. The van der Waals surface area contributed by atoms with E-state index in [2.05, 4.69) is 12.2 Å². The van der Waals surface area contributed by atoms with Crippen molar-refractivity contribution in [3.05, 3.63) is 23.3 Å². The van der Waals surface area contributed by atoms with E-state index in [-0.39, 0.29) is 35.7 Å². The molecule has 2 amide bonds. The normalized spacial score (nSPS) is 38.7. The van der Waals surface area contributed by atoms with E-state index in [1.807, 2.05) is 27.9 Å². The van der Waals surface area contributed by atoms with Crippen LogP contribution in [0.3, 0.4) is 0 Å². The van der Waals surface area contributed by atoms with Crippen LogP contribution in [-0.2, 0) is 9.59 Å². The molecule has 0 unspecified atom stereocenters. The van der Waals surface area contributed by atoms with Crippen LogP contribution in [0, 0.1) is 11.8 Å². The molecule has 1 aliphatic carbocycles. The Morgan fingerprint density at radius 2 is 1.17 bits per heavy atom. The second-order valence-electron chi connectivity index (χ2n) is 5.66. The third-order valence-electron chi connectivity index (χ3n) is 4.60. The van der Waals surface area contributed by atoms with Crippen LogP contribution in [0.25, 0.3) is 0 Å². The lowest BCUT2D eigenvalue weighted by atomic mass is 9.73. The SMILES string of the molecule is CC1=C[C@H]2C(=O)N(C)[C@H]1[C@H]1C=C(C)[C@H]2N(C)C1=O. The molecule has 0 aromatic rings. The van der Waals surface area contributed by atoms with Gasteiger partial charge in [-0.2, -0.15) is 0 Å². The van der Waals surface area contributed by atoms with Gasteiger partial charge in [0, 0.05) is 14.1 Å². The first-order valence-electron chi connectivity index (χ1n) is 6.33. The summed E-state index contributed by atoms with van der Waals surface area (Å²) in [6, 6.07) is -0.222. The van der Waals surface area contributed by atoms with Gasteiger partial charge in [-0.25, -0.2) is 0 Å². The molecule has 6 rings (SSSR count). The lowest BCUT2D eigenvalue weighted by Gasteiger charge is -2.50. The first kappa shape index (κ1) is 11.5. The summed E-state index contributed by atoms with van der Waals surface area (Å²) >= 11 is 0. The maximum Gasteiger partial charge on any atom is 0.232 e. The van der Waals surface area contributed by atoms with E-state index in [4.69, 9.17) is 0 Å². The third-order valence-corrected chi connectivity index (χ3v) is 4.60. The van der Waals surface area contributed by atoms with Crippen LogP contribution >= 0.6 is 0 Å². The highest BCUT2D eigenvalue weighted by Crippen LogP contribution is 2.40. The van der Waals surface area contributed by atoms with Crippen molar-refractivity contribution in [1.29, 1.82) is 0 Å². The minimum atomic E-state index is -0.224. The van der Waals surface area contributed by atoms with E-state index in [9.17, 15) is 9.59 Å². The molecule has 1 saturated heterocycles. The zero-order chi connectivity index (χ0) is 13.2. The van der Waals surface area contributed by atoms with E-state index in [1.54, 1.807) is 9.80 Å². The molecule has 0 spiro atoms. The predicted octanol–water partition coefficient (Wildman–Crippen LogP) is 0.806. The van der Waals surface area contributed by atoms with Crippen molar-refractivity contribution in [2.75, 3.05) is 14.1 Å². The fraction of sp³-hybridized carbons (Fsp3) is 0.571. The highest BCUT2D eigenvalue weighted by Gasteiger charge is 2.50. The van der Waals surface area contributed by atoms with Crippen LogP contribution in [0.2, 0.25) is 0 Å². The summed E-state index contributed by atoms with van der Waals surface area (Å²) < 4.78 is 0. The van der Waals surface area contributed by atoms with Crippen LogP contribution in [0.4, 0.5) is 0 Å². The summed E-state index contributed by atoms with van der Waals surface area (Å²) in [6.07, 6.45) is 4.12. The van der Waals surface area contributed by atoms with Gasteiger partial charge in [-0.1, -0.05) is 23.3 Å². The molecule has 0 radical (unpaired) electrons. The second-order valence-corrected chi connectivity index (χ2v) is 5.66. The Morgan fingerprint density at radius 1 is 0.833 bits per heavy atom. The Morgan fingerprint density at radius 3 is 1.50 bits per heavy atom. The topological polar surface area (TPSA) is 40.6 Å². The monoisotopic (exact) mass is 246 g/mol. The van der Waals surface area contributed by atoms with Crippen molar-refractivity contribution < 1.29 is 9.59 Å². The summed E-state index contributed by atoms with van der Waals surface area (Å²) in [5.41, 5.74) is 2.28. The van der Waals surface area contributed by atoms with Gasteiger partial charge in [-0.15, -0.1) is 0 Å². The number of rotatable bonds is 0. The second kappa shape index (κ2) is 3.46. The average molecular weight is 246 g/mol. The zero-order valence-electron chi connectivity index (χ0n) is 11.2. The summed E-state index contributed by atoms with van der Waals surface area (Å²) in [4.78, 5) is 28.3. The Balaban J connectivity index is 2.25. The van der Waals surface area contributed by atoms with Crippen molar-refractivity contribution in [2.24, 2.45) is 11.8 Å². The number of hydrogen-bond donors (Lipinski definition) is 0. The van der Waals surface area contributed by atoms with Crippen LogP contribution in [-0.4, -0.2) is 47.8 Å². The van der Waals surface area contributed by atoms with Crippen molar-refractivity contribution in [2.45, 2.75) is 25.9 Å². The molecule has 0 aromatic carbocycles. The highest BCUT2D eigenvalue weighted by atomic mass is 16.2. The largest absolute Gasteiger partial charge is 0.337 e. The van der Waals surface area contributed by atoms with E-state index >= 15 is 0 Å². The molecule has 4 bridgehead atoms. The Bertz CT molecular complexity index is 460. The van der Waals surface area contributed by atoms with Gasteiger partial charge >= 0.3 is 0 Å². The first-order valence-corrected chi connectivity index (χ1v) is 6.33. The van der Waals surface area contributed by atoms with Crippen molar-refractivity contribution in [3.8, 4) is 0 Å². The summed E-state index contributed by atoms with van der Waals surface area (Å²) in [6.45, 7) is 4.05. The molecule has 0 N–H and O–H groups in total. The van der Waals surface area contributed by atoms with E-state index < -0.39 is 0 Å². The van der Waals surface area contributed by atoms with Gasteiger partial charge in [0.05, 0.1) is 23.9 Å². The lowest BCUT2D eigenvalue weighted by molar-refractivity contribution is -0.149. The molecule has 4 atom stereocenters. The smallest absolute Gasteiger partial charge is 0.232 e. The predicted molar refractivity (Wildman–Crippen MR) is 67.6 cm³/mol. The molecule has 4 nitrogen and oxygen atoms in total. The highest BCUT2D eigenvalue weighted by molar-refractivity contribution is 5.92. The van der Waals surface area contributed by atoms with Gasteiger partial charge in [0.15, 0.2) is 0 Å². The number of amides is 2. The van der Waals surface area contributed by atoms with Gasteiger partial charge in [0.2, 0.25) is 11.8 Å². The molecule has 5 aliphatic heterocycles. The number of carbonyl (C=O) groups excluding carboxylic acids is 2. The molecular weight excluding hydrogens is 228 g/mol. The Kier molecular flexibility index (Phi) is 2.22. The molecule has 0 aromatic heterocycles. The van der Waals surface area contributed by atoms with E-state index in [1.165, 1.54) is 0 Å². The van der Waals surface area contributed by atoms with Gasteiger partial charge in [0.25, 0.3) is 0 Å². The van der Waals surface area contributed by atoms with Crippen LogP contribution in [0.1, 0.15) is 13.8 Å². The molecular formula is C14H18N2O2. The molecule has 1 fully saturated rings. The average Bonchev–Trinajstić information content (AvgIpc) is 2.30. The molecule has 96 valence electrons.